The summed E-state index contributed by atoms with van der Waals surface area (Å²) < 4.78 is 0.732. The third kappa shape index (κ3) is 4.01. The second kappa shape index (κ2) is 6.36. The molecule has 0 atom stereocenters. The van der Waals surface area contributed by atoms with Gasteiger partial charge in [0.2, 0.25) is 0 Å². The molecule has 0 aliphatic heterocycles. The minimum absolute atomic E-state index is 0.207. The van der Waals surface area contributed by atoms with Crippen LogP contribution in [0.3, 0.4) is 0 Å². The Balaban J connectivity index is 3.13. The predicted molar refractivity (Wildman–Crippen MR) is 69.5 cm³/mol. The van der Waals surface area contributed by atoms with Gasteiger partial charge in [0.05, 0.1) is 0 Å². The molecule has 0 spiro atoms. The zero-order valence-electron chi connectivity index (χ0n) is 9.47. The van der Waals surface area contributed by atoms with Gasteiger partial charge in [0.25, 0.3) is 0 Å². The first-order valence-electron chi connectivity index (χ1n) is 5.11. The lowest BCUT2D eigenvalue weighted by molar-refractivity contribution is -0.136. The van der Waals surface area contributed by atoms with Crippen LogP contribution in [0.5, 0.6) is 0 Å². The first-order valence-corrected chi connectivity index (χ1v) is 5.90. The van der Waals surface area contributed by atoms with Crippen LogP contribution >= 0.6 is 15.9 Å². The Labute approximate surface area is 112 Å². The molecule has 98 valence electrons. The van der Waals surface area contributed by atoms with Crippen molar-refractivity contribution < 1.29 is 19.8 Å². The fraction of sp³-hybridized carbons (Fsp3) is 0.273. The quantitative estimate of drug-likeness (QED) is 0.720. The van der Waals surface area contributed by atoms with Gasteiger partial charge in [0.15, 0.2) is 0 Å². The lowest BCUT2D eigenvalue weighted by Gasteiger charge is -2.23. The molecule has 1 aromatic rings. The van der Waals surface area contributed by atoms with Crippen LogP contribution < -0.4 is 10.6 Å². The van der Waals surface area contributed by atoms with Gasteiger partial charge in [-0.2, -0.15) is 0 Å². The molecule has 0 saturated heterocycles. The Morgan fingerprint density at radius 2 is 1.78 bits per heavy atom. The second-order valence-electron chi connectivity index (χ2n) is 3.62. The zero-order chi connectivity index (χ0) is 13.7. The highest BCUT2D eigenvalue weighted by Crippen LogP contribution is 2.24. The third-order valence-corrected chi connectivity index (χ3v) is 2.75. The summed E-state index contributed by atoms with van der Waals surface area (Å²) in [4.78, 5) is 22.8. The molecule has 0 fully saturated rings. The average Bonchev–Trinajstić information content (AvgIpc) is 2.26. The number of aliphatic carboxylic acids is 2. The predicted octanol–water partition coefficient (Wildman–Crippen LogP) is 0.883. The molecular formula is C11H13BrN2O4. The van der Waals surface area contributed by atoms with E-state index in [4.69, 9.17) is 15.9 Å². The van der Waals surface area contributed by atoms with E-state index in [2.05, 4.69) is 15.9 Å². The first kappa shape index (κ1) is 14.5. The standard InChI is InChI=1S/C11H13BrN2O4/c12-8-2-1-7(4-13)9(3-8)14(5-10(15)16)6-11(17)18/h1-3H,4-6,13H2,(H,15,16)(H,17,18). The lowest BCUT2D eigenvalue weighted by Crippen LogP contribution is -2.35. The number of benzene rings is 1. The van der Waals surface area contributed by atoms with Crippen molar-refractivity contribution in [2.24, 2.45) is 5.73 Å². The highest BCUT2D eigenvalue weighted by molar-refractivity contribution is 9.10. The van der Waals surface area contributed by atoms with Gasteiger partial charge < -0.3 is 20.8 Å². The van der Waals surface area contributed by atoms with Gasteiger partial charge in [-0.15, -0.1) is 0 Å². The number of carboxylic acid groups (broad SMARTS) is 2. The molecule has 1 rings (SSSR count). The summed E-state index contributed by atoms with van der Waals surface area (Å²) in [5.74, 6) is -2.20. The maximum atomic E-state index is 10.8. The molecular weight excluding hydrogens is 304 g/mol. The summed E-state index contributed by atoms with van der Waals surface area (Å²) in [6.45, 7) is -0.580. The van der Waals surface area contributed by atoms with Gasteiger partial charge >= 0.3 is 11.9 Å². The summed E-state index contributed by atoms with van der Waals surface area (Å²) in [5.41, 5.74) is 6.77. The number of nitrogens with two attached hydrogens (primary N) is 1. The van der Waals surface area contributed by atoms with Gasteiger partial charge in [0.1, 0.15) is 13.1 Å². The molecule has 0 aromatic heterocycles. The molecule has 6 nitrogen and oxygen atoms in total. The molecule has 0 bridgehead atoms. The van der Waals surface area contributed by atoms with Crippen molar-refractivity contribution >= 4 is 33.6 Å². The number of anilines is 1. The number of hydrogen-bond acceptors (Lipinski definition) is 4. The fourth-order valence-corrected chi connectivity index (χ4v) is 1.91. The molecule has 7 heteroatoms. The number of rotatable bonds is 6. The SMILES string of the molecule is NCc1ccc(Br)cc1N(CC(=O)O)CC(=O)O. The highest BCUT2D eigenvalue weighted by atomic mass is 79.9. The number of halogens is 1. The van der Waals surface area contributed by atoms with Gasteiger partial charge in [-0.05, 0) is 17.7 Å². The van der Waals surface area contributed by atoms with E-state index in [-0.39, 0.29) is 6.54 Å². The van der Waals surface area contributed by atoms with Crippen molar-refractivity contribution in [1.82, 2.24) is 0 Å². The molecule has 4 N–H and O–H groups in total. The van der Waals surface area contributed by atoms with Crippen LogP contribution in [-0.4, -0.2) is 35.2 Å². The van der Waals surface area contributed by atoms with E-state index in [1.165, 1.54) is 4.90 Å². The minimum atomic E-state index is -1.10. The molecule has 0 amide bonds. The molecule has 0 unspecified atom stereocenters. The van der Waals surface area contributed by atoms with Crippen molar-refractivity contribution in [3.05, 3.63) is 28.2 Å². The normalized spacial score (nSPS) is 10.1. The molecule has 0 aliphatic carbocycles. The van der Waals surface area contributed by atoms with Crippen molar-refractivity contribution in [2.45, 2.75) is 6.54 Å². The number of nitrogens with zero attached hydrogens (tertiary/aromatic N) is 1. The van der Waals surface area contributed by atoms with Crippen LogP contribution in [0.1, 0.15) is 5.56 Å². The number of carboxylic acids is 2. The maximum absolute atomic E-state index is 10.8. The monoisotopic (exact) mass is 316 g/mol. The highest BCUT2D eigenvalue weighted by Gasteiger charge is 2.17. The Kier molecular flexibility index (Phi) is 5.11. The topological polar surface area (TPSA) is 104 Å². The van der Waals surface area contributed by atoms with Gasteiger partial charge in [0, 0.05) is 16.7 Å². The van der Waals surface area contributed by atoms with E-state index in [9.17, 15) is 9.59 Å². The van der Waals surface area contributed by atoms with Crippen LogP contribution in [0.25, 0.3) is 0 Å². The average molecular weight is 317 g/mol. The smallest absolute Gasteiger partial charge is 0.323 e. The fourth-order valence-electron chi connectivity index (χ4n) is 1.56. The Bertz CT molecular complexity index is 448. The third-order valence-electron chi connectivity index (χ3n) is 2.26. The van der Waals surface area contributed by atoms with Crippen LogP contribution in [0.15, 0.2) is 22.7 Å². The Morgan fingerprint density at radius 3 is 2.22 bits per heavy atom. The van der Waals surface area contributed by atoms with Gasteiger partial charge in [-0.1, -0.05) is 22.0 Å². The summed E-state index contributed by atoms with van der Waals surface area (Å²) in [7, 11) is 0. The van der Waals surface area contributed by atoms with Crippen molar-refractivity contribution in [3.63, 3.8) is 0 Å². The molecule has 0 heterocycles. The number of carbonyl (C=O) groups is 2. The van der Waals surface area contributed by atoms with E-state index in [1.807, 2.05) is 0 Å². The summed E-state index contributed by atoms with van der Waals surface area (Å²) >= 11 is 3.26. The summed E-state index contributed by atoms with van der Waals surface area (Å²) in [6.07, 6.45) is 0. The van der Waals surface area contributed by atoms with Gasteiger partial charge in [-0.3, -0.25) is 9.59 Å². The Morgan fingerprint density at radius 1 is 1.22 bits per heavy atom. The summed E-state index contributed by atoms with van der Waals surface area (Å²) in [6, 6.07) is 5.16. The van der Waals surface area contributed by atoms with E-state index >= 15 is 0 Å². The van der Waals surface area contributed by atoms with Gasteiger partial charge in [-0.25, -0.2) is 0 Å². The van der Waals surface area contributed by atoms with Crippen LogP contribution in [0.2, 0.25) is 0 Å². The Hall–Kier alpha value is -1.60. The summed E-state index contributed by atoms with van der Waals surface area (Å²) in [5, 5.41) is 17.6. The molecule has 0 saturated carbocycles. The minimum Gasteiger partial charge on any atom is -0.480 e. The lowest BCUT2D eigenvalue weighted by atomic mass is 10.1. The van der Waals surface area contributed by atoms with Crippen LogP contribution in [0.4, 0.5) is 5.69 Å². The van der Waals surface area contributed by atoms with E-state index in [0.29, 0.717) is 11.3 Å². The van der Waals surface area contributed by atoms with E-state index < -0.39 is 25.0 Å². The van der Waals surface area contributed by atoms with E-state index in [1.54, 1.807) is 18.2 Å². The van der Waals surface area contributed by atoms with Crippen LogP contribution in [-0.2, 0) is 16.1 Å². The zero-order valence-corrected chi connectivity index (χ0v) is 11.1. The second-order valence-corrected chi connectivity index (χ2v) is 4.54. The van der Waals surface area contributed by atoms with Crippen molar-refractivity contribution in [2.75, 3.05) is 18.0 Å². The van der Waals surface area contributed by atoms with E-state index in [0.717, 1.165) is 4.47 Å². The molecule has 0 aliphatic rings. The van der Waals surface area contributed by atoms with Crippen molar-refractivity contribution in [1.29, 1.82) is 0 Å². The first-order chi connectivity index (χ1) is 8.43. The van der Waals surface area contributed by atoms with Crippen LogP contribution in [0, 0.1) is 0 Å². The molecule has 1 aromatic carbocycles. The largest absolute Gasteiger partial charge is 0.480 e. The molecule has 18 heavy (non-hydrogen) atoms. The maximum Gasteiger partial charge on any atom is 0.323 e. The number of hydrogen-bond donors (Lipinski definition) is 3. The molecule has 0 radical (unpaired) electrons. The van der Waals surface area contributed by atoms with Crippen molar-refractivity contribution in [3.8, 4) is 0 Å².